The summed E-state index contributed by atoms with van der Waals surface area (Å²) in [4.78, 5) is 1.67. The second-order valence-corrected chi connectivity index (χ2v) is 5.55. The average molecular weight is 296 g/mol. The first kappa shape index (κ1) is 14.7. The van der Waals surface area contributed by atoms with Crippen molar-refractivity contribution in [1.29, 1.82) is 0 Å². The second-order valence-electron chi connectivity index (χ2n) is 4.23. The molecule has 1 unspecified atom stereocenters. The summed E-state index contributed by atoms with van der Waals surface area (Å²) in [7, 11) is 0. The molecule has 1 atom stereocenters. The van der Waals surface area contributed by atoms with E-state index in [1.54, 1.807) is 6.07 Å². The van der Waals surface area contributed by atoms with Crippen LogP contribution in [0.25, 0.3) is 0 Å². The number of halogens is 2. The number of ether oxygens (including phenoxy) is 1. The highest BCUT2D eigenvalue weighted by atomic mass is 32.1. The van der Waals surface area contributed by atoms with Gasteiger partial charge < -0.3 is 9.84 Å². The summed E-state index contributed by atoms with van der Waals surface area (Å²) in [6.45, 7) is 5.40. The fourth-order valence-corrected chi connectivity index (χ4v) is 2.69. The van der Waals surface area contributed by atoms with E-state index in [1.807, 2.05) is 13.0 Å². The standard InChI is InChI=1S/C15H14F2O2S/c1-3-8-19-15-10(5-6-11(16)13(15)17)14(18)12-7-4-9(2)20-12/h3-7,14,18H,1,8H2,2H3. The molecule has 0 saturated heterocycles. The monoisotopic (exact) mass is 296 g/mol. The molecule has 2 aromatic rings. The van der Waals surface area contributed by atoms with Crippen LogP contribution < -0.4 is 4.74 Å². The molecule has 1 aromatic heterocycles. The van der Waals surface area contributed by atoms with Crippen LogP contribution in [0, 0.1) is 18.6 Å². The minimum absolute atomic E-state index is 0.0313. The lowest BCUT2D eigenvalue weighted by Crippen LogP contribution is -2.06. The fraction of sp³-hybridized carbons (Fsp3) is 0.200. The van der Waals surface area contributed by atoms with Gasteiger partial charge in [-0.2, -0.15) is 4.39 Å². The van der Waals surface area contributed by atoms with Crippen molar-refractivity contribution >= 4 is 11.3 Å². The Labute approximate surface area is 120 Å². The van der Waals surface area contributed by atoms with Gasteiger partial charge in [-0.15, -0.1) is 11.3 Å². The Morgan fingerprint density at radius 1 is 1.35 bits per heavy atom. The van der Waals surface area contributed by atoms with Crippen LogP contribution in [-0.4, -0.2) is 11.7 Å². The maximum absolute atomic E-state index is 13.8. The van der Waals surface area contributed by atoms with E-state index in [4.69, 9.17) is 4.74 Å². The number of aryl methyl sites for hydroxylation is 1. The number of hydrogen-bond donors (Lipinski definition) is 1. The number of aliphatic hydroxyl groups excluding tert-OH is 1. The molecule has 1 N–H and O–H groups in total. The predicted octanol–water partition coefficient (Wildman–Crippen LogP) is 3.98. The van der Waals surface area contributed by atoms with Crippen LogP contribution in [0.5, 0.6) is 5.75 Å². The van der Waals surface area contributed by atoms with Crippen molar-refractivity contribution in [3.05, 3.63) is 63.9 Å². The summed E-state index contributed by atoms with van der Waals surface area (Å²) in [5.74, 6) is -2.39. The van der Waals surface area contributed by atoms with Crippen molar-refractivity contribution in [1.82, 2.24) is 0 Å². The SMILES string of the molecule is C=CCOc1c(C(O)c2ccc(C)s2)ccc(F)c1F. The molecule has 1 heterocycles. The van der Waals surface area contributed by atoms with E-state index in [-0.39, 0.29) is 17.9 Å². The van der Waals surface area contributed by atoms with Crippen molar-refractivity contribution in [2.24, 2.45) is 0 Å². The Hall–Kier alpha value is -1.72. The van der Waals surface area contributed by atoms with Crippen LogP contribution in [0.1, 0.15) is 21.4 Å². The zero-order chi connectivity index (χ0) is 14.7. The molecule has 0 bridgehead atoms. The van der Waals surface area contributed by atoms with E-state index in [0.29, 0.717) is 4.88 Å². The molecular formula is C15H14F2O2S. The number of hydrogen-bond acceptors (Lipinski definition) is 3. The molecule has 0 aliphatic rings. The Morgan fingerprint density at radius 2 is 2.10 bits per heavy atom. The normalized spacial score (nSPS) is 12.2. The van der Waals surface area contributed by atoms with Gasteiger partial charge in [0, 0.05) is 15.3 Å². The van der Waals surface area contributed by atoms with Gasteiger partial charge in [-0.25, -0.2) is 4.39 Å². The van der Waals surface area contributed by atoms with Crippen molar-refractivity contribution < 1.29 is 18.6 Å². The Kier molecular flexibility index (Phi) is 4.52. The maximum atomic E-state index is 13.8. The Bertz CT molecular complexity index is 622. The number of benzene rings is 1. The van der Waals surface area contributed by atoms with Gasteiger partial charge in [0.05, 0.1) is 0 Å². The molecule has 2 nitrogen and oxygen atoms in total. The summed E-state index contributed by atoms with van der Waals surface area (Å²) in [5.41, 5.74) is 0.201. The van der Waals surface area contributed by atoms with Gasteiger partial charge in [-0.3, -0.25) is 0 Å². The fourth-order valence-electron chi connectivity index (χ4n) is 1.80. The number of aliphatic hydroxyl groups is 1. The van der Waals surface area contributed by atoms with Crippen LogP contribution in [-0.2, 0) is 0 Å². The third-order valence-electron chi connectivity index (χ3n) is 2.75. The lowest BCUT2D eigenvalue weighted by molar-refractivity contribution is 0.213. The molecule has 20 heavy (non-hydrogen) atoms. The van der Waals surface area contributed by atoms with Gasteiger partial charge in [0.2, 0.25) is 5.82 Å². The first-order chi connectivity index (χ1) is 9.54. The molecule has 1 aromatic carbocycles. The van der Waals surface area contributed by atoms with E-state index in [2.05, 4.69) is 6.58 Å². The number of thiophene rings is 1. The molecule has 0 aliphatic heterocycles. The molecule has 106 valence electrons. The van der Waals surface area contributed by atoms with E-state index >= 15 is 0 Å². The van der Waals surface area contributed by atoms with Gasteiger partial charge in [0.15, 0.2) is 11.6 Å². The predicted molar refractivity (Wildman–Crippen MR) is 75.2 cm³/mol. The van der Waals surface area contributed by atoms with Crippen LogP contribution in [0.15, 0.2) is 36.9 Å². The average Bonchev–Trinajstić information content (AvgIpc) is 2.86. The summed E-state index contributed by atoms with van der Waals surface area (Å²) < 4.78 is 32.3. The summed E-state index contributed by atoms with van der Waals surface area (Å²) in [6.07, 6.45) is 0.374. The van der Waals surface area contributed by atoms with Crippen molar-refractivity contribution in [3.63, 3.8) is 0 Å². The smallest absolute Gasteiger partial charge is 0.201 e. The van der Waals surface area contributed by atoms with Gasteiger partial charge in [-0.1, -0.05) is 12.7 Å². The molecule has 5 heteroatoms. The zero-order valence-corrected chi connectivity index (χ0v) is 11.7. The second kappa shape index (κ2) is 6.15. The minimum Gasteiger partial charge on any atom is -0.486 e. The largest absolute Gasteiger partial charge is 0.486 e. The summed E-state index contributed by atoms with van der Waals surface area (Å²) in [6, 6.07) is 5.92. The highest BCUT2D eigenvalue weighted by Gasteiger charge is 2.22. The van der Waals surface area contributed by atoms with Gasteiger partial charge in [-0.05, 0) is 31.2 Å². The molecule has 0 saturated carbocycles. The first-order valence-corrected chi connectivity index (χ1v) is 6.82. The molecule has 0 fully saturated rings. The lowest BCUT2D eigenvalue weighted by Gasteiger charge is -2.15. The molecule has 2 rings (SSSR count). The van der Waals surface area contributed by atoms with E-state index in [0.717, 1.165) is 10.9 Å². The summed E-state index contributed by atoms with van der Waals surface area (Å²) >= 11 is 1.39. The highest BCUT2D eigenvalue weighted by Crippen LogP contribution is 2.35. The highest BCUT2D eigenvalue weighted by molar-refractivity contribution is 7.12. The third-order valence-corrected chi connectivity index (χ3v) is 3.80. The molecule has 0 amide bonds. The van der Waals surface area contributed by atoms with Crippen LogP contribution in [0.3, 0.4) is 0 Å². The topological polar surface area (TPSA) is 29.5 Å². The maximum Gasteiger partial charge on any atom is 0.201 e. The van der Waals surface area contributed by atoms with Gasteiger partial charge in [0.1, 0.15) is 12.7 Å². The van der Waals surface area contributed by atoms with Gasteiger partial charge >= 0.3 is 0 Å². The van der Waals surface area contributed by atoms with Crippen molar-refractivity contribution in [2.75, 3.05) is 6.61 Å². The van der Waals surface area contributed by atoms with Crippen LogP contribution >= 0.6 is 11.3 Å². The quantitative estimate of drug-likeness (QED) is 0.846. The van der Waals surface area contributed by atoms with E-state index < -0.39 is 17.7 Å². The molecule has 0 spiro atoms. The zero-order valence-electron chi connectivity index (χ0n) is 10.9. The van der Waals surface area contributed by atoms with E-state index in [1.165, 1.54) is 23.5 Å². The molecule has 0 aliphatic carbocycles. The molecular weight excluding hydrogens is 282 g/mol. The minimum atomic E-state index is -1.10. The Balaban J connectivity index is 2.44. The Morgan fingerprint density at radius 3 is 2.70 bits per heavy atom. The third kappa shape index (κ3) is 2.89. The van der Waals surface area contributed by atoms with Crippen molar-refractivity contribution in [2.45, 2.75) is 13.0 Å². The van der Waals surface area contributed by atoms with Crippen LogP contribution in [0.2, 0.25) is 0 Å². The molecule has 0 radical (unpaired) electrons. The lowest BCUT2D eigenvalue weighted by atomic mass is 10.1. The first-order valence-electron chi connectivity index (χ1n) is 6.00. The summed E-state index contributed by atoms with van der Waals surface area (Å²) in [5, 5.41) is 10.3. The van der Waals surface area contributed by atoms with Gasteiger partial charge in [0.25, 0.3) is 0 Å². The number of rotatable bonds is 5. The van der Waals surface area contributed by atoms with Crippen molar-refractivity contribution in [3.8, 4) is 5.75 Å². The van der Waals surface area contributed by atoms with Crippen LogP contribution in [0.4, 0.5) is 8.78 Å². The van der Waals surface area contributed by atoms with E-state index in [9.17, 15) is 13.9 Å².